The van der Waals surface area contributed by atoms with E-state index < -0.39 is 0 Å². The first-order valence-electron chi connectivity index (χ1n) is 6.23. The number of hydrogen-bond donors (Lipinski definition) is 1. The first-order chi connectivity index (χ1) is 7.03. The first kappa shape index (κ1) is 12.9. The second-order valence-electron chi connectivity index (χ2n) is 5.29. The molecule has 1 saturated heterocycles. The van der Waals surface area contributed by atoms with Gasteiger partial charge >= 0.3 is 0 Å². The highest BCUT2D eigenvalue weighted by Gasteiger charge is 2.18. The van der Waals surface area contributed by atoms with E-state index in [0.29, 0.717) is 0 Å². The summed E-state index contributed by atoms with van der Waals surface area (Å²) < 4.78 is 0. The van der Waals surface area contributed by atoms with Gasteiger partial charge in [0.2, 0.25) is 0 Å². The number of nitrogens with two attached hydrogens (primary N) is 1. The first-order valence-corrected chi connectivity index (χ1v) is 6.23. The van der Waals surface area contributed by atoms with E-state index in [1.165, 1.54) is 32.5 Å². The highest BCUT2D eigenvalue weighted by Crippen LogP contribution is 2.08. The normalized spacial score (nSPS) is 22.2. The molecule has 1 aliphatic heterocycles. The Bertz CT molecular complexity index is 174. The van der Waals surface area contributed by atoms with Crippen molar-refractivity contribution >= 4 is 0 Å². The lowest BCUT2D eigenvalue weighted by molar-refractivity contribution is 0.217. The van der Waals surface area contributed by atoms with Crippen LogP contribution in [0.4, 0.5) is 0 Å². The molecule has 0 aromatic heterocycles. The van der Waals surface area contributed by atoms with E-state index in [0.717, 1.165) is 19.5 Å². The van der Waals surface area contributed by atoms with Crippen molar-refractivity contribution in [1.29, 1.82) is 0 Å². The van der Waals surface area contributed by atoms with E-state index in [1.807, 2.05) is 0 Å². The Morgan fingerprint density at radius 2 is 1.93 bits per heavy atom. The lowest BCUT2D eigenvalue weighted by atomic mass is 10.0. The highest BCUT2D eigenvalue weighted by atomic mass is 15.2. The SMILES string of the molecule is CCC(C)(N)CN(C)CCN1CCCC1. The fourth-order valence-electron chi connectivity index (χ4n) is 2.13. The summed E-state index contributed by atoms with van der Waals surface area (Å²) in [5.74, 6) is 0. The molecular weight excluding hydrogens is 186 g/mol. The van der Waals surface area contributed by atoms with Gasteiger partial charge in [-0.05, 0) is 46.3 Å². The molecule has 1 aliphatic rings. The molecule has 2 N–H and O–H groups in total. The van der Waals surface area contributed by atoms with Crippen molar-refractivity contribution in [2.75, 3.05) is 39.8 Å². The number of likely N-dealkylation sites (N-methyl/N-ethyl adjacent to an activating group) is 1. The summed E-state index contributed by atoms with van der Waals surface area (Å²) in [5.41, 5.74) is 6.12. The molecule has 3 nitrogen and oxygen atoms in total. The molecule has 0 radical (unpaired) electrons. The van der Waals surface area contributed by atoms with E-state index in [-0.39, 0.29) is 5.54 Å². The van der Waals surface area contributed by atoms with Crippen LogP contribution in [0.25, 0.3) is 0 Å². The minimum atomic E-state index is -0.0280. The Balaban J connectivity index is 2.15. The molecule has 15 heavy (non-hydrogen) atoms. The summed E-state index contributed by atoms with van der Waals surface area (Å²) in [6, 6.07) is 0. The van der Waals surface area contributed by atoms with Crippen LogP contribution in [0.15, 0.2) is 0 Å². The molecule has 0 aromatic carbocycles. The number of rotatable bonds is 6. The summed E-state index contributed by atoms with van der Waals surface area (Å²) >= 11 is 0. The number of hydrogen-bond acceptors (Lipinski definition) is 3. The van der Waals surface area contributed by atoms with Crippen molar-refractivity contribution in [3.63, 3.8) is 0 Å². The third kappa shape index (κ3) is 4.96. The van der Waals surface area contributed by atoms with Gasteiger partial charge < -0.3 is 15.5 Å². The van der Waals surface area contributed by atoms with Crippen LogP contribution in [0.2, 0.25) is 0 Å². The van der Waals surface area contributed by atoms with Crippen LogP contribution >= 0.6 is 0 Å². The van der Waals surface area contributed by atoms with Crippen LogP contribution in [-0.4, -0.2) is 55.1 Å². The zero-order valence-electron chi connectivity index (χ0n) is 10.6. The Morgan fingerprint density at radius 1 is 1.33 bits per heavy atom. The van der Waals surface area contributed by atoms with Gasteiger partial charge in [-0.2, -0.15) is 0 Å². The maximum atomic E-state index is 6.15. The van der Waals surface area contributed by atoms with E-state index in [2.05, 4.69) is 30.7 Å². The van der Waals surface area contributed by atoms with Crippen LogP contribution in [-0.2, 0) is 0 Å². The standard InChI is InChI=1S/C12H27N3/c1-4-12(2,13)11-14(3)9-10-15-7-5-6-8-15/h4-11,13H2,1-3H3. The topological polar surface area (TPSA) is 32.5 Å². The maximum absolute atomic E-state index is 6.15. The van der Waals surface area contributed by atoms with Crippen LogP contribution in [0.5, 0.6) is 0 Å². The molecular formula is C12H27N3. The molecule has 0 aliphatic carbocycles. The Labute approximate surface area is 94.6 Å². The van der Waals surface area contributed by atoms with Gasteiger partial charge in [-0.3, -0.25) is 0 Å². The zero-order valence-corrected chi connectivity index (χ0v) is 10.6. The lowest BCUT2D eigenvalue weighted by Gasteiger charge is -2.30. The van der Waals surface area contributed by atoms with E-state index in [9.17, 15) is 0 Å². The van der Waals surface area contributed by atoms with Gasteiger partial charge in [0, 0.05) is 25.2 Å². The van der Waals surface area contributed by atoms with Gasteiger partial charge in [-0.25, -0.2) is 0 Å². The molecule has 0 bridgehead atoms. The van der Waals surface area contributed by atoms with Crippen LogP contribution in [0.3, 0.4) is 0 Å². The zero-order chi connectivity index (χ0) is 11.3. The van der Waals surface area contributed by atoms with Gasteiger partial charge in [-0.15, -0.1) is 0 Å². The van der Waals surface area contributed by atoms with E-state index in [1.54, 1.807) is 0 Å². The Kier molecular flexibility index (Phi) is 5.03. The predicted octanol–water partition coefficient (Wildman–Crippen LogP) is 1.14. The van der Waals surface area contributed by atoms with Crippen molar-refractivity contribution in [1.82, 2.24) is 9.80 Å². The minimum absolute atomic E-state index is 0.0280. The van der Waals surface area contributed by atoms with Crippen molar-refractivity contribution < 1.29 is 0 Å². The van der Waals surface area contributed by atoms with Crippen molar-refractivity contribution in [2.24, 2.45) is 5.73 Å². The van der Waals surface area contributed by atoms with Crippen LogP contribution in [0.1, 0.15) is 33.1 Å². The fraction of sp³-hybridized carbons (Fsp3) is 1.00. The monoisotopic (exact) mass is 213 g/mol. The molecule has 0 spiro atoms. The van der Waals surface area contributed by atoms with Crippen molar-refractivity contribution in [2.45, 2.75) is 38.6 Å². The quantitative estimate of drug-likeness (QED) is 0.718. The lowest BCUT2D eigenvalue weighted by Crippen LogP contribution is -2.47. The average molecular weight is 213 g/mol. The van der Waals surface area contributed by atoms with Crippen molar-refractivity contribution in [3.8, 4) is 0 Å². The molecule has 1 fully saturated rings. The second-order valence-corrected chi connectivity index (χ2v) is 5.29. The van der Waals surface area contributed by atoms with Gasteiger partial charge in [0.15, 0.2) is 0 Å². The molecule has 0 aromatic rings. The molecule has 1 rings (SSSR count). The summed E-state index contributed by atoms with van der Waals surface area (Å²) in [6.45, 7) is 10.2. The molecule has 1 heterocycles. The molecule has 90 valence electrons. The summed E-state index contributed by atoms with van der Waals surface area (Å²) in [6.07, 6.45) is 3.81. The number of nitrogens with zero attached hydrogens (tertiary/aromatic N) is 2. The highest BCUT2D eigenvalue weighted by molar-refractivity contribution is 4.80. The second kappa shape index (κ2) is 5.83. The average Bonchev–Trinajstić information content (AvgIpc) is 2.66. The maximum Gasteiger partial charge on any atom is 0.0252 e. The third-order valence-electron chi connectivity index (χ3n) is 3.44. The predicted molar refractivity (Wildman–Crippen MR) is 66.1 cm³/mol. The van der Waals surface area contributed by atoms with Gasteiger partial charge in [0.1, 0.15) is 0 Å². The van der Waals surface area contributed by atoms with Crippen LogP contribution in [0, 0.1) is 0 Å². The molecule has 1 unspecified atom stereocenters. The minimum Gasteiger partial charge on any atom is -0.324 e. The molecule has 3 heteroatoms. The smallest absolute Gasteiger partial charge is 0.0252 e. The van der Waals surface area contributed by atoms with Crippen molar-refractivity contribution in [3.05, 3.63) is 0 Å². The van der Waals surface area contributed by atoms with E-state index in [4.69, 9.17) is 5.73 Å². The fourth-order valence-corrected chi connectivity index (χ4v) is 2.13. The third-order valence-corrected chi connectivity index (χ3v) is 3.44. The Hall–Kier alpha value is -0.120. The summed E-state index contributed by atoms with van der Waals surface area (Å²) in [4.78, 5) is 4.91. The molecule has 1 atom stereocenters. The summed E-state index contributed by atoms with van der Waals surface area (Å²) in [5, 5.41) is 0. The largest absolute Gasteiger partial charge is 0.324 e. The molecule has 0 amide bonds. The van der Waals surface area contributed by atoms with Gasteiger partial charge in [0.25, 0.3) is 0 Å². The summed E-state index contributed by atoms with van der Waals surface area (Å²) in [7, 11) is 2.18. The number of likely N-dealkylation sites (tertiary alicyclic amines) is 1. The van der Waals surface area contributed by atoms with Gasteiger partial charge in [0.05, 0.1) is 0 Å². The Morgan fingerprint density at radius 3 is 2.47 bits per heavy atom. The van der Waals surface area contributed by atoms with Crippen LogP contribution < -0.4 is 5.73 Å². The van der Waals surface area contributed by atoms with Gasteiger partial charge in [-0.1, -0.05) is 6.92 Å². The van der Waals surface area contributed by atoms with E-state index >= 15 is 0 Å². The molecule has 0 saturated carbocycles.